The first-order chi connectivity index (χ1) is 8.52. The van der Waals surface area contributed by atoms with E-state index in [1.54, 1.807) is 0 Å². The van der Waals surface area contributed by atoms with Crippen LogP contribution in [0, 0.1) is 0 Å². The van der Waals surface area contributed by atoms with Gasteiger partial charge in [0.1, 0.15) is 12.4 Å². The van der Waals surface area contributed by atoms with Crippen molar-refractivity contribution in [1.82, 2.24) is 0 Å². The van der Waals surface area contributed by atoms with E-state index in [-0.39, 0.29) is 13.0 Å². The van der Waals surface area contributed by atoms with Crippen molar-refractivity contribution in [3.63, 3.8) is 0 Å². The summed E-state index contributed by atoms with van der Waals surface area (Å²) in [6.45, 7) is 4.29. The number of benzene rings is 1. The average molecular weight is 252 g/mol. The maximum Gasteiger partial charge on any atom is 0.306 e. The second kappa shape index (κ2) is 7.01. The molecule has 0 heterocycles. The molecule has 0 unspecified atom stereocenters. The summed E-state index contributed by atoms with van der Waals surface area (Å²) in [6, 6.07) is 7.67. The molecule has 1 aromatic rings. The molecule has 4 nitrogen and oxygen atoms in total. The number of carboxylic acids is 1. The summed E-state index contributed by atoms with van der Waals surface area (Å²) in [7, 11) is 0. The summed E-state index contributed by atoms with van der Waals surface area (Å²) in [4.78, 5) is 10.4. The Morgan fingerprint density at radius 2 is 1.94 bits per heavy atom. The molecule has 0 fully saturated rings. The van der Waals surface area contributed by atoms with Crippen molar-refractivity contribution in [3.8, 4) is 5.75 Å². The second-order valence-corrected chi connectivity index (χ2v) is 4.44. The van der Waals surface area contributed by atoms with Crippen LogP contribution in [0.3, 0.4) is 0 Å². The number of carboxylic acid groups (broad SMARTS) is 1. The molecule has 0 radical (unpaired) electrons. The lowest BCUT2D eigenvalue weighted by Gasteiger charge is -2.12. The van der Waals surface area contributed by atoms with E-state index in [1.807, 2.05) is 24.3 Å². The fourth-order valence-corrected chi connectivity index (χ4v) is 1.58. The lowest BCUT2D eigenvalue weighted by atomic mass is 9.99. The predicted octanol–water partition coefficient (Wildman–Crippen LogP) is 2.41. The van der Waals surface area contributed by atoms with Gasteiger partial charge in [0.25, 0.3) is 0 Å². The van der Waals surface area contributed by atoms with Crippen LogP contribution in [0.15, 0.2) is 24.3 Å². The van der Waals surface area contributed by atoms with Crippen molar-refractivity contribution < 1.29 is 19.7 Å². The third kappa shape index (κ3) is 4.75. The molecule has 0 aromatic heterocycles. The van der Waals surface area contributed by atoms with E-state index in [0.29, 0.717) is 11.7 Å². The zero-order chi connectivity index (χ0) is 13.5. The van der Waals surface area contributed by atoms with E-state index in [1.165, 1.54) is 5.56 Å². The molecule has 0 spiro atoms. The molecule has 4 heteroatoms. The Kier molecular flexibility index (Phi) is 5.65. The van der Waals surface area contributed by atoms with Crippen LogP contribution in [0.4, 0.5) is 0 Å². The van der Waals surface area contributed by atoms with Gasteiger partial charge in [-0.3, -0.25) is 4.79 Å². The fourth-order valence-electron chi connectivity index (χ4n) is 1.58. The minimum Gasteiger partial charge on any atom is -0.491 e. The first-order valence-corrected chi connectivity index (χ1v) is 6.15. The first-order valence-electron chi connectivity index (χ1n) is 6.15. The van der Waals surface area contributed by atoms with Gasteiger partial charge in [0.05, 0.1) is 12.5 Å². The number of hydrogen-bond donors (Lipinski definition) is 2. The SMILES string of the molecule is CC[C@@H](C)c1ccc(OC[C@@H](O)CC(=O)O)cc1. The number of aliphatic carboxylic acids is 1. The number of aliphatic hydroxyl groups excluding tert-OH is 1. The minimum absolute atomic E-state index is 0.00498. The Morgan fingerprint density at radius 1 is 1.33 bits per heavy atom. The topological polar surface area (TPSA) is 66.8 Å². The second-order valence-electron chi connectivity index (χ2n) is 4.44. The van der Waals surface area contributed by atoms with E-state index in [0.717, 1.165) is 6.42 Å². The van der Waals surface area contributed by atoms with Crippen LogP contribution < -0.4 is 4.74 Å². The van der Waals surface area contributed by atoms with Crippen molar-refractivity contribution in [3.05, 3.63) is 29.8 Å². The Morgan fingerprint density at radius 3 is 2.44 bits per heavy atom. The average Bonchev–Trinajstić information content (AvgIpc) is 2.35. The van der Waals surface area contributed by atoms with E-state index in [2.05, 4.69) is 13.8 Å². The van der Waals surface area contributed by atoms with E-state index in [9.17, 15) is 9.90 Å². The Balaban J connectivity index is 2.46. The third-order valence-electron chi connectivity index (χ3n) is 2.91. The van der Waals surface area contributed by atoms with Gasteiger partial charge in [-0.1, -0.05) is 26.0 Å². The van der Waals surface area contributed by atoms with Crippen LogP contribution in [0.25, 0.3) is 0 Å². The van der Waals surface area contributed by atoms with Crippen LogP contribution >= 0.6 is 0 Å². The van der Waals surface area contributed by atoms with Gasteiger partial charge < -0.3 is 14.9 Å². The highest BCUT2D eigenvalue weighted by atomic mass is 16.5. The number of rotatable bonds is 7. The monoisotopic (exact) mass is 252 g/mol. The van der Waals surface area contributed by atoms with Crippen LogP contribution in [0.5, 0.6) is 5.75 Å². The van der Waals surface area contributed by atoms with Gasteiger partial charge in [-0.2, -0.15) is 0 Å². The predicted molar refractivity (Wildman–Crippen MR) is 68.9 cm³/mol. The number of hydrogen-bond acceptors (Lipinski definition) is 3. The van der Waals surface area contributed by atoms with Crippen molar-refractivity contribution in [2.24, 2.45) is 0 Å². The molecule has 0 amide bonds. The summed E-state index contributed by atoms with van der Waals surface area (Å²) < 4.78 is 5.32. The van der Waals surface area contributed by atoms with Crippen molar-refractivity contribution in [2.45, 2.75) is 38.7 Å². The fraction of sp³-hybridized carbons (Fsp3) is 0.500. The van der Waals surface area contributed by atoms with Crippen molar-refractivity contribution >= 4 is 5.97 Å². The smallest absolute Gasteiger partial charge is 0.306 e. The summed E-state index contributed by atoms with van der Waals surface area (Å²) >= 11 is 0. The number of aliphatic hydroxyl groups is 1. The van der Waals surface area contributed by atoms with Crippen LogP contribution in [-0.4, -0.2) is 28.9 Å². The largest absolute Gasteiger partial charge is 0.491 e. The highest BCUT2D eigenvalue weighted by Crippen LogP contribution is 2.21. The van der Waals surface area contributed by atoms with Gasteiger partial charge in [-0.15, -0.1) is 0 Å². The molecule has 0 saturated heterocycles. The van der Waals surface area contributed by atoms with Gasteiger partial charge >= 0.3 is 5.97 Å². The van der Waals surface area contributed by atoms with E-state index >= 15 is 0 Å². The Hall–Kier alpha value is -1.55. The number of carbonyl (C=O) groups is 1. The van der Waals surface area contributed by atoms with Gasteiger partial charge in [-0.25, -0.2) is 0 Å². The zero-order valence-electron chi connectivity index (χ0n) is 10.8. The molecule has 0 aliphatic rings. The molecule has 0 bridgehead atoms. The normalized spacial score (nSPS) is 13.9. The third-order valence-corrected chi connectivity index (χ3v) is 2.91. The number of ether oxygens (including phenoxy) is 1. The maximum atomic E-state index is 10.4. The molecular weight excluding hydrogens is 232 g/mol. The summed E-state index contributed by atoms with van der Waals surface area (Å²) in [5.41, 5.74) is 1.25. The Bertz CT molecular complexity index is 372. The Labute approximate surface area is 107 Å². The van der Waals surface area contributed by atoms with Crippen LogP contribution in [0.1, 0.15) is 38.2 Å². The minimum atomic E-state index is -1.03. The molecule has 2 atom stereocenters. The van der Waals surface area contributed by atoms with Crippen molar-refractivity contribution in [2.75, 3.05) is 6.61 Å². The van der Waals surface area contributed by atoms with Gasteiger partial charge in [0.15, 0.2) is 0 Å². The van der Waals surface area contributed by atoms with Crippen LogP contribution in [0.2, 0.25) is 0 Å². The van der Waals surface area contributed by atoms with Gasteiger partial charge in [0, 0.05) is 0 Å². The summed E-state index contributed by atoms with van der Waals surface area (Å²) in [5.74, 6) is 0.126. The quantitative estimate of drug-likeness (QED) is 0.782. The highest BCUT2D eigenvalue weighted by Gasteiger charge is 2.10. The molecule has 1 aromatic carbocycles. The molecule has 1 rings (SSSR count). The highest BCUT2D eigenvalue weighted by molar-refractivity contribution is 5.67. The van der Waals surface area contributed by atoms with E-state index < -0.39 is 12.1 Å². The first kappa shape index (κ1) is 14.5. The molecule has 0 aliphatic heterocycles. The summed E-state index contributed by atoms with van der Waals surface area (Å²) in [5, 5.41) is 17.8. The zero-order valence-corrected chi connectivity index (χ0v) is 10.8. The molecule has 18 heavy (non-hydrogen) atoms. The molecule has 0 aliphatic carbocycles. The van der Waals surface area contributed by atoms with E-state index in [4.69, 9.17) is 9.84 Å². The molecule has 2 N–H and O–H groups in total. The molecule has 0 saturated carbocycles. The standard InChI is InChI=1S/C14H20O4/c1-3-10(2)11-4-6-13(7-5-11)18-9-12(15)8-14(16)17/h4-7,10,12,15H,3,8-9H2,1-2H3,(H,16,17)/t10-,12+/m1/s1. The lowest BCUT2D eigenvalue weighted by molar-refractivity contribution is -0.139. The lowest BCUT2D eigenvalue weighted by Crippen LogP contribution is -2.21. The van der Waals surface area contributed by atoms with Gasteiger partial charge in [-0.05, 0) is 30.0 Å². The maximum absolute atomic E-state index is 10.4. The van der Waals surface area contributed by atoms with Crippen LogP contribution in [-0.2, 0) is 4.79 Å². The molecule has 100 valence electrons. The van der Waals surface area contributed by atoms with Crippen molar-refractivity contribution in [1.29, 1.82) is 0 Å². The van der Waals surface area contributed by atoms with Gasteiger partial charge in [0.2, 0.25) is 0 Å². The summed E-state index contributed by atoms with van der Waals surface area (Å²) in [6.07, 6.45) is -0.195. The molecular formula is C14H20O4.